The smallest absolute Gasteiger partial charge is 0.138 e. The maximum Gasteiger partial charge on any atom is 0.138 e. The van der Waals surface area contributed by atoms with Crippen LogP contribution in [0, 0.1) is 11.7 Å². The summed E-state index contributed by atoms with van der Waals surface area (Å²) in [5.41, 5.74) is 5.23. The molecular weight excluding hydrogens is 389 g/mol. The van der Waals surface area contributed by atoms with E-state index in [0.29, 0.717) is 35.7 Å². The molecule has 0 unspecified atom stereocenters. The van der Waals surface area contributed by atoms with E-state index >= 15 is 0 Å². The molecule has 31 heavy (non-hydrogen) atoms. The van der Waals surface area contributed by atoms with Crippen LogP contribution in [-0.2, 0) is 11.2 Å². The van der Waals surface area contributed by atoms with Crippen molar-refractivity contribution in [2.75, 3.05) is 0 Å². The maximum atomic E-state index is 15.0. The van der Waals surface area contributed by atoms with E-state index in [1.165, 1.54) is 0 Å². The standard InChI is InChI=1S/C26H26FN3O/c1-2-22(31)15-17-6-12-21(14-17)30-25(16-28-29-30)20-9-7-19(8-10-20)24-13-11-18-4-3-5-23(18)26(24)27/h3,5,7-11,13,16-17,21H,2,4,6,12,14-15H2,1H3/t17-,21+/m0/s1. The van der Waals surface area contributed by atoms with Crippen LogP contribution in [-0.4, -0.2) is 20.8 Å². The lowest BCUT2D eigenvalue weighted by Crippen LogP contribution is -2.10. The van der Waals surface area contributed by atoms with E-state index in [2.05, 4.69) is 10.3 Å². The number of benzene rings is 2. The molecule has 5 rings (SSSR count). The minimum Gasteiger partial charge on any atom is -0.300 e. The summed E-state index contributed by atoms with van der Waals surface area (Å²) in [7, 11) is 0. The van der Waals surface area contributed by atoms with Gasteiger partial charge in [-0.15, -0.1) is 5.10 Å². The number of rotatable bonds is 6. The van der Waals surface area contributed by atoms with Crippen molar-refractivity contribution in [3.8, 4) is 22.4 Å². The Morgan fingerprint density at radius 1 is 1.13 bits per heavy atom. The first-order chi connectivity index (χ1) is 15.1. The first-order valence-corrected chi connectivity index (χ1v) is 11.1. The van der Waals surface area contributed by atoms with Crippen LogP contribution in [0.1, 0.15) is 56.2 Å². The topological polar surface area (TPSA) is 47.8 Å². The molecule has 3 aromatic rings. The fourth-order valence-corrected chi connectivity index (χ4v) is 4.98. The SMILES string of the molecule is CCC(=O)C[C@H]1CC[C@@H](n2nncc2-c2ccc(-c3ccc4c(c3F)C=CC4)cc2)C1. The fraction of sp³-hybridized carbons (Fsp3) is 0.346. The van der Waals surface area contributed by atoms with Gasteiger partial charge in [0.25, 0.3) is 0 Å². The van der Waals surface area contributed by atoms with Gasteiger partial charge in [0.05, 0.1) is 17.9 Å². The van der Waals surface area contributed by atoms with Crippen molar-refractivity contribution >= 4 is 11.9 Å². The molecule has 0 radical (unpaired) electrons. The van der Waals surface area contributed by atoms with E-state index in [0.717, 1.165) is 48.1 Å². The highest BCUT2D eigenvalue weighted by Crippen LogP contribution is 2.39. The van der Waals surface area contributed by atoms with Gasteiger partial charge in [0, 0.05) is 29.5 Å². The number of Topliss-reactive ketones (excluding diaryl/α,β-unsaturated/α-hetero) is 1. The largest absolute Gasteiger partial charge is 0.300 e. The highest BCUT2D eigenvalue weighted by atomic mass is 19.1. The summed E-state index contributed by atoms with van der Waals surface area (Å²) in [5.74, 6) is 0.632. The fourth-order valence-electron chi connectivity index (χ4n) is 4.98. The molecular formula is C26H26FN3O. The summed E-state index contributed by atoms with van der Waals surface area (Å²) >= 11 is 0. The number of aromatic nitrogens is 3. The van der Waals surface area contributed by atoms with E-state index in [9.17, 15) is 9.18 Å². The van der Waals surface area contributed by atoms with Crippen LogP contribution in [0.4, 0.5) is 4.39 Å². The van der Waals surface area contributed by atoms with Crippen molar-refractivity contribution in [2.45, 2.75) is 51.5 Å². The van der Waals surface area contributed by atoms with Crippen molar-refractivity contribution in [3.05, 3.63) is 65.6 Å². The Morgan fingerprint density at radius 3 is 2.74 bits per heavy atom. The Morgan fingerprint density at radius 2 is 1.94 bits per heavy atom. The molecule has 2 aliphatic carbocycles. The molecule has 158 valence electrons. The van der Waals surface area contributed by atoms with Crippen molar-refractivity contribution in [1.29, 1.82) is 0 Å². The summed E-state index contributed by atoms with van der Waals surface area (Å²) in [5, 5.41) is 8.51. The molecule has 0 N–H and O–H groups in total. The van der Waals surface area contributed by atoms with Crippen LogP contribution < -0.4 is 0 Å². The van der Waals surface area contributed by atoms with Crippen LogP contribution in [0.15, 0.2) is 48.7 Å². The minimum atomic E-state index is -0.149. The predicted molar refractivity (Wildman–Crippen MR) is 120 cm³/mol. The number of carbonyl (C=O) groups excluding carboxylic acids is 1. The van der Waals surface area contributed by atoms with E-state index in [-0.39, 0.29) is 11.9 Å². The molecule has 0 spiro atoms. The third-order valence-corrected chi connectivity index (χ3v) is 6.73. The highest BCUT2D eigenvalue weighted by Gasteiger charge is 2.29. The summed E-state index contributed by atoms with van der Waals surface area (Å²) in [6.07, 6.45) is 10.8. The number of hydrogen-bond acceptors (Lipinski definition) is 3. The quantitative estimate of drug-likeness (QED) is 0.494. The molecule has 1 fully saturated rings. The zero-order valence-electron chi connectivity index (χ0n) is 17.7. The van der Waals surface area contributed by atoms with Gasteiger partial charge in [0.2, 0.25) is 0 Å². The molecule has 2 atom stereocenters. The van der Waals surface area contributed by atoms with Crippen LogP contribution in [0.25, 0.3) is 28.5 Å². The van der Waals surface area contributed by atoms with Crippen molar-refractivity contribution in [2.24, 2.45) is 5.92 Å². The van der Waals surface area contributed by atoms with E-state index in [1.54, 1.807) is 6.20 Å². The number of carbonyl (C=O) groups is 1. The number of hydrogen-bond donors (Lipinski definition) is 0. The van der Waals surface area contributed by atoms with Crippen LogP contribution in [0.3, 0.4) is 0 Å². The monoisotopic (exact) mass is 415 g/mol. The summed E-state index contributed by atoms with van der Waals surface area (Å²) in [4.78, 5) is 11.8. The highest BCUT2D eigenvalue weighted by molar-refractivity contribution is 5.78. The zero-order chi connectivity index (χ0) is 21.4. The van der Waals surface area contributed by atoms with E-state index < -0.39 is 0 Å². The Kier molecular flexibility index (Phi) is 5.26. The second-order valence-corrected chi connectivity index (χ2v) is 8.68. The Labute approximate surface area is 181 Å². The summed E-state index contributed by atoms with van der Waals surface area (Å²) in [6.45, 7) is 1.93. The lowest BCUT2D eigenvalue weighted by molar-refractivity contribution is -0.119. The molecule has 2 aliphatic rings. The second kappa shape index (κ2) is 8.22. The van der Waals surface area contributed by atoms with Crippen LogP contribution >= 0.6 is 0 Å². The lowest BCUT2D eigenvalue weighted by Gasteiger charge is -2.15. The third kappa shape index (κ3) is 3.73. The lowest BCUT2D eigenvalue weighted by atomic mass is 9.98. The van der Waals surface area contributed by atoms with Gasteiger partial charge in [-0.05, 0) is 42.7 Å². The van der Waals surface area contributed by atoms with Gasteiger partial charge in [-0.3, -0.25) is 4.79 Å². The van der Waals surface area contributed by atoms with Gasteiger partial charge in [0.15, 0.2) is 0 Å². The molecule has 4 nitrogen and oxygen atoms in total. The number of halogens is 1. The third-order valence-electron chi connectivity index (χ3n) is 6.73. The van der Waals surface area contributed by atoms with Crippen molar-refractivity contribution in [1.82, 2.24) is 15.0 Å². The molecule has 1 heterocycles. The zero-order valence-corrected chi connectivity index (χ0v) is 17.7. The van der Waals surface area contributed by atoms with Gasteiger partial charge in [-0.25, -0.2) is 9.07 Å². The number of allylic oxidation sites excluding steroid dienone is 1. The first kappa shape index (κ1) is 19.9. The van der Waals surface area contributed by atoms with Gasteiger partial charge in [-0.2, -0.15) is 0 Å². The predicted octanol–water partition coefficient (Wildman–Crippen LogP) is 6.03. The van der Waals surface area contributed by atoms with Gasteiger partial charge in [0.1, 0.15) is 11.6 Å². The van der Waals surface area contributed by atoms with Gasteiger partial charge in [-0.1, -0.05) is 60.7 Å². The molecule has 0 aliphatic heterocycles. The molecule has 2 aromatic carbocycles. The molecule has 1 saturated carbocycles. The average molecular weight is 416 g/mol. The average Bonchev–Trinajstić information content (AvgIpc) is 3.54. The molecule has 0 amide bonds. The Bertz CT molecular complexity index is 1150. The molecule has 0 saturated heterocycles. The first-order valence-electron chi connectivity index (χ1n) is 11.1. The maximum absolute atomic E-state index is 15.0. The number of fused-ring (bicyclic) bond motifs is 1. The summed E-state index contributed by atoms with van der Waals surface area (Å²) in [6, 6.07) is 12.1. The number of ketones is 1. The molecule has 0 bridgehead atoms. The van der Waals surface area contributed by atoms with Crippen molar-refractivity contribution < 1.29 is 9.18 Å². The van der Waals surface area contributed by atoms with E-state index in [4.69, 9.17) is 0 Å². The Balaban J connectivity index is 1.37. The van der Waals surface area contributed by atoms with Crippen LogP contribution in [0.5, 0.6) is 0 Å². The number of nitrogens with zero attached hydrogens (tertiary/aromatic N) is 3. The normalized spacial score (nSPS) is 19.7. The van der Waals surface area contributed by atoms with Crippen LogP contribution in [0.2, 0.25) is 0 Å². The molecule has 1 aromatic heterocycles. The van der Waals surface area contributed by atoms with Gasteiger partial charge < -0.3 is 0 Å². The second-order valence-electron chi connectivity index (χ2n) is 8.68. The molecule has 5 heteroatoms. The van der Waals surface area contributed by atoms with E-state index in [1.807, 2.05) is 60.2 Å². The van der Waals surface area contributed by atoms with Gasteiger partial charge >= 0.3 is 0 Å². The van der Waals surface area contributed by atoms with Crippen molar-refractivity contribution in [3.63, 3.8) is 0 Å². The minimum absolute atomic E-state index is 0.149. The Hall–Kier alpha value is -3.08. The summed E-state index contributed by atoms with van der Waals surface area (Å²) < 4.78 is 17.0.